The van der Waals surface area contributed by atoms with Crippen LogP contribution in [0, 0.1) is 11.8 Å². The van der Waals surface area contributed by atoms with Gasteiger partial charge in [-0.1, -0.05) is 13.8 Å². The van der Waals surface area contributed by atoms with Crippen molar-refractivity contribution in [2.45, 2.75) is 45.3 Å². The van der Waals surface area contributed by atoms with Gasteiger partial charge in [-0.05, 0) is 43.2 Å². The molecule has 0 radical (unpaired) electrons. The van der Waals surface area contributed by atoms with E-state index >= 15 is 0 Å². The molecular weight excluding hydrogens is 238 g/mol. The lowest BCUT2D eigenvalue weighted by atomic mass is 9.82. The highest BCUT2D eigenvalue weighted by Crippen LogP contribution is 2.41. The molecule has 2 aliphatic heterocycles. The van der Waals surface area contributed by atoms with Gasteiger partial charge < -0.3 is 9.15 Å². The predicted octanol–water partition coefficient (Wildman–Crippen LogP) is 3.31. The summed E-state index contributed by atoms with van der Waals surface area (Å²) in [5, 5.41) is 0. The van der Waals surface area contributed by atoms with Crippen molar-refractivity contribution in [3.8, 4) is 0 Å². The van der Waals surface area contributed by atoms with Crippen LogP contribution in [-0.2, 0) is 11.3 Å². The van der Waals surface area contributed by atoms with Gasteiger partial charge in [-0.25, -0.2) is 0 Å². The van der Waals surface area contributed by atoms with E-state index in [1.54, 1.807) is 6.26 Å². The van der Waals surface area contributed by atoms with Crippen LogP contribution in [0.1, 0.15) is 38.9 Å². The zero-order chi connectivity index (χ0) is 13.3. The summed E-state index contributed by atoms with van der Waals surface area (Å²) in [6, 6.07) is 4.03. The molecule has 0 saturated carbocycles. The van der Waals surface area contributed by atoms with Crippen molar-refractivity contribution in [1.82, 2.24) is 4.90 Å². The highest BCUT2D eigenvalue weighted by atomic mass is 16.5. The topological polar surface area (TPSA) is 25.6 Å². The largest absolute Gasteiger partial charge is 0.468 e. The Kier molecular flexibility index (Phi) is 3.68. The third-order valence-electron chi connectivity index (χ3n) is 4.91. The Bertz CT molecular complexity index is 391. The monoisotopic (exact) mass is 263 g/mol. The lowest BCUT2D eigenvalue weighted by Gasteiger charge is -2.38. The minimum atomic E-state index is 0.189. The highest BCUT2D eigenvalue weighted by molar-refractivity contribution is 5.00. The summed E-state index contributed by atoms with van der Waals surface area (Å²) in [5.41, 5.74) is 0.189. The third kappa shape index (κ3) is 2.87. The Morgan fingerprint density at radius 1 is 1.37 bits per heavy atom. The fourth-order valence-electron chi connectivity index (χ4n) is 3.40. The van der Waals surface area contributed by atoms with E-state index in [4.69, 9.17) is 9.15 Å². The normalized spacial score (nSPS) is 27.4. The molecule has 3 heterocycles. The van der Waals surface area contributed by atoms with Crippen LogP contribution < -0.4 is 0 Å². The van der Waals surface area contributed by atoms with E-state index in [1.165, 1.54) is 19.3 Å². The molecule has 0 bridgehead atoms. The van der Waals surface area contributed by atoms with Gasteiger partial charge in [-0.3, -0.25) is 4.90 Å². The molecule has 3 rings (SSSR count). The molecule has 1 aromatic heterocycles. The molecule has 0 aromatic carbocycles. The first kappa shape index (κ1) is 13.2. The molecule has 0 N–H and O–H groups in total. The maximum atomic E-state index is 6.19. The van der Waals surface area contributed by atoms with Gasteiger partial charge in [0.05, 0.1) is 25.0 Å². The molecule has 106 valence electrons. The number of rotatable bonds is 3. The molecule has 1 aromatic rings. The first-order valence-electron chi connectivity index (χ1n) is 7.56. The van der Waals surface area contributed by atoms with Crippen LogP contribution >= 0.6 is 0 Å². The molecule has 1 atom stereocenters. The van der Waals surface area contributed by atoms with Crippen molar-refractivity contribution in [2.24, 2.45) is 11.8 Å². The van der Waals surface area contributed by atoms with Crippen molar-refractivity contribution in [1.29, 1.82) is 0 Å². The number of nitrogens with zero attached hydrogens (tertiary/aromatic N) is 1. The van der Waals surface area contributed by atoms with E-state index in [-0.39, 0.29) is 5.60 Å². The van der Waals surface area contributed by atoms with Crippen molar-refractivity contribution in [3.05, 3.63) is 24.2 Å². The van der Waals surface area contributed by atoms with Crippen LogP contribution in [0.3, 0.4) is 0 Å². The molecule has 0 aliphatic carbocycles. The van der Waals surface area contributed by atoms with E-state index in [0.29, 0.717) is 0 Å². The Morgan fingerprint density at radius 2 is 2.16 bits per heavy atom. The van der Waals surface area contributed by atoms with Crippen molar-refractivity contribution in [2.75, 3.05) is 19.7 Å². The average Bonchev–Trinajstić information content (AvgIpc) is 3.03. The van der Waals surface area contributed by atoms with Gasteiger partial charge >= 0.3 is 0 Å². The standard InChI is InChI=1S/C16H25NO2/c1-13(2)14-10-16(19-12-14)5-7-17(8-6-16)11-15-4-3-9-18-15/h3-4,9,13-14H,5-8,10-12H2,1-2H3/t14-/m1/s1. The summed E-state index contributed by atoms with van der Waals surface area (Å²) in [6.45, 7) is 8.81. The van der Waals surface area contributed by atoms with Crippen molar-refractivity contribution in [3.63, 3.8) is 0 Å². The summed E-state index contributed by atoms with van der Waals surface area (Å²) in [4.78, 5) is 2.48. The van der Waals surface area contributed by atoms with Gasteiger partial charge in [0.25, 0.3) is 0 Å². The minimum Gasteiger partial charge on any atom is -0.468 e. The Labute approximate surface area is 115 Å². The van der Waals surface area contributed by atoms with E-state index in [9.17, 15) is 0 Å². The smallest absolute Gasteiger partial charge is 0.117 e. The third-order valence-corrected chi connectivity index (χ3v) is 4.91. The molecule has 2 saturated heterocycles. The number of hydrogen-bond acceptors (Lipinski definition) is 3. The van der Waals surface area contributed by atoms with E-state index in [1.807, 2.05) is 6.07 Å². The van der Waals surface area contributed by atoms with Gasteiger partial charge in [0, 0.05) is 13.1 Å². The van der Waals surface area contributed by atoms with Crippen LogP contribution in [0.25, 0.3) is 0 Å². The number of hydrogen-bond donors (Lipinski definition) is 0. The Balaban J connectivity index is 1.52. The van der Waals surface area contributed by atoms with E-state index < -0.39 is 0 Å². The van der Waals surface area contributed by atoms with Gasteiger partial charge in [0.1, 0.15) is 5.76 Å². The first-order valence-corrected chi connectivity index (χ1v) is 7.56. The first-order chi connectivity index (χ1) is 9.17. The highest BCUT2D eigenvalue weighted by Gasteiger charge is 2.43. The lowest BCUT2D eigenvalue weighted by molar-refractivity contribution is -0.0460. The molecular formula is C16H25NO2. The lowest BCUT2D eigenvalue weighted by Crippen LogP contribution is -2.43. The van der Waals surface area contributed by atoms with Crippen molar-refractivity contribution < 1.29 is 9.15 Å². The number of furan rings is 1. The maximum absolute atomic E-state index is 6.19. The zero-order valence-corrected chi connectivity index (χ0v) is 12.1. The minimum absolute atomic E-state index is 0.189. The summed E-state index contributed by atoms with van der Waals surface area (Å²) < 4.78 is 11.6. The second-order valence-corrected chi connectivity index (χ2v) is 6.56. The molecule has 3 heteroatoms. The average molecular weight is 263 g/mol. The second kappa shape index (κ2) is 5.29. The molecule has 0 amide bonds. The summed E-state index contributed by atoms with van der Waals surface area (Å²) >= 11 is 0. The maximum Gasteiger partial charge on any atom is 0.117 e. The van der Waals surface area contributed by atoms with Gasteiger partial charge in [0.2, 0.25) is 0 Å². The summed E-state index contributed by atoms with van der Waals surface area (Å²) in [5.74, 6) is 2.58. The summed E-state index contributed by atoms with van der Waals surface area (Å²) in [6.07, 6.45) is 5.38. The molecule has 0 unspecified atom stereocenters. The second-order valence-electron chi connectivity index (χ2n) is 6.56. The van der Waals surface area contributed by atoms with Gasteiger partial charge in [0.15, 0.2) is 0 Å². The molecule has 2 aliphatic rings. The fourth-order valence-corrected chi connectivity index (χ4v) is 3.40. The number of likely N-dealkylation sites (tertiary alicyclic amines) is 1. The quantitative estimate of drug-likeness (QED) is 0.836. The SMILES string of the molecule is CC(C)[C@H]1COC2(CCN(Cc3ccco3)CC2)C1. The Hall–Kier alpha value is -0.800. The van der Waals surface area contributed by atoms with Gasteiger partial charge in [-0.2, -0.15) is 0 Å². The Morgan fingerprint density at radius 3 is 2.74 bits per heavy atom. The van der Waals surface area contributed by atoms with E-state index in [2.05, 4.69) is 24.8 Å². The predicted molar refractivity (Wildman–Crippen MR) is 74.8 cm³/mol. The van der Waals surface area contributed by atoms with Crippen LogP contribution in [0.5, 0.6) is 0 Å². The molecule has 3 nitrogen and oxygen atoms in total. The van der Waals surface area contributed by atoms with Crippen LogP contribution in [0.2, 0.25) is 0 Å². The van der Waals surface area contributed by atoms with Crippen LogP contribution in [0.15, 0.2) is 22.8 Å². The number of ether oxygens (including phenoxy) is 1. The van der Waals surface area contributed by atoms with Crippen LogP contribution in [-0.4, -0.2) is 30.2 Å². The molecule has 2 fully saturated rings. The summed E-state index contributed by atoms with van der Waals surface area (Å²) in [7, 11) is 0. The van der Waals surface area contributed by atoms with Gasteiger partial charge in [-0.15, -0.1) is 0 Å². The molecule has 1 spiro atoms. The zero-order valence-electron chi connectivity index (χ0n) is 12.1. The van der Waals surface area contributed by atoms with Crippen molar-refractivity contribution >= 4 is 0 Å². The van der Waals surface area contributed by atoms with Crippen LogP contribution in [0.4, 0.5) is 0 Å². The molecule has 19 heavy (non-hydrogen) atoms. The number of piperidine rings is 1. The van der Waals surface area contributed by atoms with E-state index in [0.717, 1.165) is 43.8 Å². The fraction of sp³-hybridized carbons (Fsp3) is 0.750.